The molecule has 1 heterocycles. The first-order valence-corrected chi connectivity index (χ1v) is 7.26. The van der Waals surface area contributed by atoms with Crippen molar-refractivity contribution in [3.63, 3.8) is 0 Å². The molecule has 4 heteroatoms. The zero-order valence-corrected chi connectivity index (χ0v) is 11.5. The highest BCUT2D eigenvalue weighted by Crippen LogP contribution is 2.34. The lowest BCUT2D eigenvalue weighted by atomic mass is 9.76. The summed E-state index contributed by atoms with van der Waals surface area (Å²) in [5.41, 5.74) is 0.324. The summed E-state index contributed by atoms with van der Waals surface area (Å²) in [6.45, 7) is 5.41. The molecule has 1 aliphatic heterocycles. The highest BCUT2D eigenvalue weighted by atomic mass is 16.5. The molecule has 2 N–H and O–H groups in total. The van der Waals surface area contributed by atoms with E-state index in [0.717, 1.165) is 19.7 Å². The largest absolute Gasteiger partial charge is 0.378 e. The van der Waals surface area contributed by atoms with Crippen LogP contribution in [0.25, 0.3) is 0 Å². The van der Waals surface area contributed by atoms with Crippen LogP contribution in [0.15, 0.2) is 0 Å². The number of amides is 1. The molecule has 2 fully saturated rings. The molecular weight excluding hydrogens is 228 g/mol. The Morgan fingerprint density at radius 3 is 2.83 bits per heavy atom. The van der Waals surface area contributed by atoms with Crippen molar-refractivity contribution in [1.29, 1.82) is 0 Å². The highest BCUT2D eigenvalue weighted by molar-refractivity contribution is 5.76. The molecular formula is C14H26N2O2. The maximum absolute atomic E-state index is 11.9. The van der Waals surface area contributed by atoms with Gasteiger partial charge in [-0.05, 0) is 18.3 Å². The minimum absolute atomic E-state index is 0.157. The molecule has 1 saturated heterocycles. The maximum atomic E-state index is 11.9. The molecule has 1 atom stereocenters. The van der Waals surface area contributed by atoms with Crippen molar-refractivity contribution in [2.45, 2.75) is 51.5 Å². The van der Waals surface area contributed by atoms with Crippen LogP contribution in [-0.4, -0.2) is 38.3 Å². The van der Waals surface area contributed by atoms with Gasteiger partial charge in [0, 0.05) is 25.6 Å². The molecule has 0 spiro atoms. The minimum Gasteiger partial charge on any atom is -0.378 e. The van der Waals surface area contributed by atoms with E-state index in [4.69, 9.17) is 4.74 Å². The van der Waals surface area contributed by atoms with E-state index in [1.165, 1.54) is 32.1 Å². The minimum atomic E-state index is 0.157. The van der Waals surface area contributed by atoms with Gasteiger partial charge in [-0.25, -0.2) is 0 Å². The lowest BCUT2D eigenvalue weighted by Gasteiger charge is -2.34. The van der Waals surface area contributed by atoms with Crippen LogP contribution in [-0.2, 0) is 9.53 Å². The lowest BCUT2D eigenvalue weighted by Crippen LogP contribution is -2.45. The van der Waals surface area contributed by atoms with Gasteiger partial charge in [-0.1, -0.05) is 26.2 Å². The summed E-state index contributed by atoms with van der Waals surface area (Å²) in [5, 5.41) is 6.42. The van der Waals surface area contributed by atoms with Gasteiger partial charge in [0.25, 0.3) is 0 Å². The summed E-state index contributed by atoms with van der Waals surface area (Å²) in [5.74, 6) is 0.157. The van der Waals surface area contributed by atoms with E-state index in [-0.39, 0.29) is 11.9 Å². The molecule has 0 aromatic carbocycles. The fraction of sp³-hybridized carbons (Fsp3) is 0.929. The molecule has 1 amide bonds. The standard InChI is InChI=1S/C14H26N2O2/c1-14(5-3-2-4-6-14)11-16-13(17)9-12-10-18-8-7-15-12/h12,15H,2-11H2,1H3,(H,16,17). The summed E-state index contributed by atoms with van der Waals surface area (Å²) in [4.78, 5) is 11.9. The molecule has 0 aromatic rings. The normalized spacial score (nSPS) is 27.7. The van der Waals surface area contributed by atoms with Gasteiger partial charge in [-0.3, -0.25) is 4.79 Å². The molecule has 18 heavy (non-hydrogen) atoms. The number of carbonyl (C=O) groups is 1. The molecule has 0 radical (unpaired) electrons. The Morgan fingerprint density at radius 1 is 1.39 bits per heavy atom. The summed E-state index contributed by atoms with van der Waals surface area (Å²) in [6, 6.07) is 0.193. The third-order valence-electron chi connectivity index (χ3n) is 4.20. The molecule has 104 valence electrons. The van der Waals surface area contributed by atoms with E-state index in [1.807, 2.05) is 0 Å². The van der Waals surface area contributed by atoms with Crippen LogP contribution in [0.3, 0.4) is 0 Å². The van der Waals surface area contributed by atoms with Crippen LogP contribution in [0.2, 0.25) is 0 Å². The van der Waals surface area contributed by atoms with E-state index >= 15 is 0 Å². The van der Waals surface area contributed by atoms with Crippen molar-refractivity contribution in [2.24, 2.45) is 5.41 Å². The van der Waals surface area contributed by atoms with Crippen LogP contribution in [0, 0.1) is 5.41 Å². The number of morpholine rings is 1. The third kappa shape index (κ3) is 4.25. The van der Waals surface area contributed by atoms with Gasteiger partial charge >= 0.3 is 0 Å². The summed E-state index contributed by atoms with van der Waals surface area (Å²) >= 11 is 0. The maximum Gasteiger partial charge on any atom is 0.221 e. The Morgan fingerprint density at radius 2 is 2.17 bits per heavy atom. The van der Waals surface area contributed by atoms with Crippen LogP contribution in [0.1, 0.15) is 45.4 Å². The zero-order chi connectivity index (χ0) is 12.8. The number of carbonyl (C=O) groups excluding carboxylic acids is 1. The molecule has 1 unspecified atom stereocenters. The van der Waals surface area contributed by atoms with E-state index in [0.29, 0.717) is 18.4 Å². The Kier molecular flexibility index (Phi) is 5.01. The topological polar surface area (TPSA) is 50.4 Å². The SMILES string of the molecule is CC1(CNC(=O)CC2COCCN2)CCCCC1. The van der Waals surface area contributed by atoms with Crippen LogP contribution >= 0.6 is 0 Å². The van der Waals surface area contributed by atoms with Crippen LogP contribution in [0.4, 0.5) is 0 Å². The molecule has 1 aliphatic carbocycles. The number of rotatable bonds is 4. The predicted molar refractivity (Wildman–Crippen MR) is 71.4 cm³/mol. The molecule has 0 aromatic heterocycles. The second-order valence-electron chi connectivity index (χ2n) is 6.08. The fourth-order valence-corrected chi connectivity index (χ4v) is 2.94. The third-order valence-corrected chi connectivity index (χ3v) is 4.20. The first kappa shape index (κ1) is 13.8. The molecule has 1 saturated carbocycles. The fourth-order valence-electron chi connectivity index (χ4n) is 2.94. The lowest BCUT2D eigenvalue weighted by molar-refractivity contribution is -0.122. The highest BCUT2D eigenvalue weighted by Gasteiger charge is 2.27. The number of nitrogens with one attached hydrogen (secondary N) is 2. The first-order valence-electron chi connectivity index (χ1n) is 7.26. The van der Waals surface area contributed by atoms with Gasteiger partial charge in [0.05, 0.1) is 13.2 Å². The van der Waals surface area contributed by atoms with Gasteiger partial charge < -0.3 is 15.4 Å². The van der Waals surface area contributed by atoms with Crippen molar-refractivity contribution in [3.8, 4) is 0 Å². The summed E-state index contributed by atoms with van der Waals surface area (Å²) < 4.78 is 5.35. The molecule has 2 aliphatic rings. The van der Waals surface area contributed by atoms with E-state index in [9.17, 15) is 4.79 Å². The van der Waals surface area contributed by atoms with Gasteiger partial charge in [-0.15, -0.1) is 0 Å². The number of ether oxygens (including phenoxy) is 1. The first-order chi connectivity index (χ1) is 8.68. The number of hydrogen-bond acceptors (Lipinski definition) is 3. The Bertz CT molecular complexity index is 269. The van der Waals surface area contributed by atoms with Crippen molar-refractivity contribution in [1.82, 2.24) is 10.6 Å². The van der Waals surface area contributed by atoms with Crippen molar-refractivity contribution < 1.29 is 9.53 Å². The van der Waals surface area contributed by atoms with Gasteiger partial charge in [0.2, 0.25) is 5.91 Å². The van der Waals surface area contributed by atoms with Gasteiger partial charge in [-0.2, -0.15) is 0 Å². The Balaban J connectivity index is 1.67. The zero-order valence-electron chi connectivity index (χ0n) is 11.5. The van der Waals surface area contributed by atoms with E-state index < -0.39 is 0 Å². The summed E-state index contributed by atoms with van der Waals surface area (Å²) in [6.07, 6.45) is 7.01. The number of hydrogen-bond donors (Lipinski definition) is 2. The van der Waals surface area contributed by atoms with E-state index in [2.05, 4.69) is 17.6 Å². The van der Waals surface area contributed by atoms with Crippen LogP contribution in [0.5, 0.6) is 0 Å². The summed E-state index contributed by atoms with van der Waals surface area (Å²) in [7, 11) is 0. The van der Waals surface area contributed by atoms with Gasteiger partial charge in [0.15, 0.2) is 0 Å². The van der Waals surface area contributed by atoms with Crippen molar-refractivity contribution in [2.75, 3.05) is 26.3 Å². The average Bonchev–Trinajstić information content (AvgIpc) is 2.39. The molecule has 4 nitrogen and oxygen atoms in total. The van der Waals surface area contributed by atoms with Gasteiger partial charge in [0.1, 0.15) is 0 Å². The second kappa shape index (κ2) is 6.53. The quantitative estimate of drug-likeness (QED) is 0.798. The van der Waals surface area contributed by atoms with Crippen LogP contribution < -0.4 is 10.6 Å². The Labute approximate surface area is 110 Å². The molecule has 0 bridgehead atoms. The molecule has 2 rings (SSSR count). The van der Waals surface area contributed by atoms with Crippen molar-refractivity contribution in [3.05, 3.63) is 0 Å². The smallest absolute Gasteiger partial charge is 0.221 e. The second-order valence-corrected chi connectivity index (χ2v) is 6.08. The van der Waals surface area contributed by atoms with E-state index in [1.54, 1.807) is 0 Å². The predicted octanol–water partition coefficient (Wildman–Crippen LogP) is 1.45. The monoisotopic (exact) mass is 254 g/mol. The van der Waals surface area contributed by atoms with Crippen molar-refractivity contribution >= 4 is 5.91 Å². The average molecular weight is 254 g/mol. The Hall–Kier alpha value is -0.610.